The Morgan fingerprint density at radius 1 is 0.889 bits per heavy atom. The Bertz CT molecular complexity index is 979. The maximum Gasteiger partial charge on any atom is 0.120 e. The first kappa shape index (κ1) is 19.3. The molecule has 1 saturated carbocycles. The van der Waals surface area contributed by atoms with Gasteiger partial charge in [0.2, 0.25) is 0 Å². The van der Waals surface area contributed by atoms with Gasteiger partial charge in [0.15, 0.2) is 0 Å². The zero-order chi connectivity index (χ0) is 19.1. The molecule has 3 heteroatoms. The number of hydrogen-bond acceptors (Lipinski definition) is 1. The van der Waals surface area contributed by atoms with Crippen molar-refractivity contribution >= 4 is 53.4 Å². The van der Waals surface area contributed by atoms with Gasteiger partial charge in [-0.05, 0) is 96.8 Å². The molecule has 0 aromatic heterocycles. The third kappa shape index (κ3) is 3.65. The van der Waals surface area contributed by atoms with Gasteiger partial charge in [-0.2, -0.15) is 0 Å². The molecule has 0 saturated heterocycles. The standard InChI is InChI=1S/C24H26Br2O/c1-14(2)17-10-8-15(3)12-22(17)27-16-9-11-20-21(13-16)24(26)19-7-5-4-6-18(19)23(20)25/h4-7,9,11,13-15,17,22H,8,10,12H2,1-3H3/t15-,17+,22-/m1/s1. The number of ether oxygens (including phenoxy) is 1. The highest BCUT2D eigenvalue weighted by atomic mass is 79.9. The molecule has 0 spiro atoms. The molecule has 142 valence electrons. The summed E-state index contributed by atoms with van der Waals surface area (Å²) in [5.41, 5.74) is 0. The third-order valence-electron chi connectivity index (χ3n) is 6.11. The van der Waals surface area contributed by atoms with Gasteiger partial charge >= 0.3 is 0 Å². The van der Waals surface area contributed by atoms with Crippen molar-refractivity contribution < 1.29 is 4.74 Å². The second-order valence-corrected chi connectivity index (χ2v) is 9.95. The minimum Gasteiger partial charge on any atom is -0.490 e. The number of benzene rings is 3. The quantitative estimate of drug-likeness (QED) is 0.335. The lowest BCUT2D eigenvalue weighted by atomic mass is 9.75. The maximum absolute atomic E-state index is 6.58. The molecule has 0 N–H and O–H groups in total. The lowest BCUT2D eigenvalue weighted by Gasteiger charge is -2.37. The predicted molar refractivity (Wildman–Crippen MR) is 123 cm³/mol. The van der Waals surface area contributed by atoms with Crippen molar-refractivity contribution in [2.24, 2.45) is 17.8 Å². The van der Waals surface area contributed by atoms with Gasteiger partial charge in [0.25, 0.3) is 0 Å². The summed E-state index contributed by atoms with van der Waals surface area (Å²) in [6.07, 6.45) is 4.07. The molecule has 27 heavy (non-hydrogen) atoms. The molecule has 4 rings (SSSR count). The predicted octanol–water partition coefficient (Wildman–Crippen LogP) is 8.36. The van der Waals surface area contributed by atoms with E-state index >= 15 is 0 Å². The highest BCUT2D eigenvalue weighted by molar-refractivity contribution is 9.11. The lowest BCUT2D eigenvalue weighted by Crippen LogP contribution is -2.36. The fraction of sp³-hybridized carbons (Fsp3) is 0.417. The van der Waals surface area contributed by atoms with Gasteiger partial charge in [-0.25, -0.2) is 0 Å². The SMILES string of the molecule is CC(C)[C@@H]1CC[C@@H](C)C[C@H]1Oc1ccc2c(Br)c3ccccc3c(Br)c2c1. The molecule has 3 atom stereocenters. The van der Waals surface area contributed by atoms with Crippen molar-refractivity contribution in [1.29, 1.82) is 0 Å². The zero-order valence-corrected chi connectivity index (χ0v) is 19.3. The van der Waals surface area contributed by atoms with Crippen molar-refractivity contribution in [3.05, 3.63) is 51.4 Å². The van der Waals surface area contributed by atoms with Crippen molar-refractivity contribution in [2.75, 3.05) is 0 Å². The van der Waals surface area contributed by atoms with Crippen LogP contribution >= 0.6 is 31.9 Å². The third-order valence-corrected chi connectivity index (χ3v) is 7.82. The first-order valence-electron chi connectivity index (χ1n) is 9.91. The Morgan fingerprint density at radius 3 is 2.19 bits per heavy atom. The molecule has 0 amide bonds. The highest BCUT2D eigenvalue weighted by Gasteiger charge is 2.32. The van der Waals surface area contributed by atoms with Gasteiger partial charge < -0.3 is 4.74 Å². The van der Waals surface area contributed by atoms with Gasteiger partial charge in [-0.15, -0.1) is 0 Å². The van der Waals surface area contributed by atoms with Crippen LogP contribution in [0.1, 0.15) is 40.0 Å². The summed E-state index contributed by atoms with van der Waals surface area (Å²) >= 11 is 7.66. The number of hydrogen-bond donors (Lipinski definition) is 0. The molecule has 1 fully saturated rings. The average molecular weight is 490 g/mol. The van der Waals surface area contributed by atoms with Crippen molar-refractivity contribution in [3.63, 3.8) is 0 Å². The van der Waals surface area contributed by atoms with Crippen molar-refractivity contribution in [1.82, 2.24) is 0 Å². The Hall–Kier alpha value is -1.06. The summed E-state index contributed by atoms with van der Waals surface area (Å²) in [5, 5.41) is 4.86. The van der Waals surface area contributed by atoms with Crippen LogP contribution in [0.25, 0.3) is 21.5 Å². The van der Waals surface area contributed by atoms with Crippen LogP contribution in [0.4, 0.5) is 0 Å². The minimum absolute atomic E-state index is 0.314. The summed E-state index contributed by atoms with van der Waals surface area (Å²) in [5.74, 6) is 3.03. The van der Waals surface area contributed by atoms with E-state index in [1.165, 1.54) is 34.4 Å². The van der Waals surface area contributed by atoms with Crippen LogP contribution in [-0.4, -0.2) is 6.10 Å². The van der Waals surface area contributed by atoms with Crippen LogP contribution in [0.2, 0.25) is 0 Å². The topological polar surface area (TPSA) is 9.23 Å². The Balaban J connectivity index is 1.75. The summed E-state index contributed by atoms with van der Waals surface area (Å²) in [6.45, 7) is 7.02. The smallest absolute Gasteiger partial charge is 0.120 e. The molecule has 0 heterocycles. The van der Waals surface area contributed by atoms with Gasteiger partial charge in [-0.1, -0.05) is 51.5 Å². The van der Waals surface area contributed by atoms with E-state index in [9.17, 15) is 0 Å². The van der Waals surface area contributed by atoms with Crippen LogP contribution in [-0.2, 0) is 0 Å². The number of halogens is 2. The normalized spacial score (nSPS) is 23.3. The summed E-state index contributed by atoms with van der Waals surface area (Å²) in [4.78, 5) is 0. The fourth-order valence-electron chi connectivity index (χ4n) is 4.55. The monoisotopic (exact) mass is 488 g/mol. The molecule has 3 aromatic carbocycles. The van der Waals surface area contributed by atoms with E-state index in [-0.39, 0.29) is 0 Å². The van der Waals surface area contributed by atoms with E-state index in [1.54, 1.807) is 0 Å². The summed E-state index contributed by atoms with van der Waals surface area (Å²) < 4.78 is 8.86. The van der Waals surface area contributed by atoms with Crippen LogP contribution in [0.5, 0.6) is 5.75 Å². The van der Waals surface area contributed by atoms with Crippen LogP contribution < -0.4 is 4.74 Å². The fourth-order valence-corrected chi connectivity index (χ4v) is 5.92. The molecular formula is C24H26Br2O. The van der Waals surface area contributed by atoms with E-state index in [1.807, 2.05) is 0 Å². The molecule has 0 aliphatic heterocycles. The Labute approximate surface area is 178 Å². The van der Waals surface area contributed by atoms with Crippen LogP contribution in [0.3, 0.4) is 0 Å². The Kier molecular flexibility index (Phi) is 5.53. The van der Waals surface area contributed by atoms with E-state index in [0.29, 0.717) is 17.9 Å². The highest BCUT2D eigenvalue weighted by Crippen LogP contribution is 2.42. The zero-order valence-electron chi connectivity index (χ0n) is 16.1. The van der Waals surface area contributed by atoms with Crippen LogP contribution in [0.15, 0.2) is 51.4 Å². The largest absolute Gasteiger partial charge is 0.490 e. The van der Waals surface area contributed by atoms with Crippen LogP contribution in [0, 0.1) is 17.8 Å². The molecule has 0 bridgehead atoms. The molecule has 0 radical (unpaired) electrons. The minimum atomic E-state index is 0.314. The molecular weight excluding hydrogens is 464 g/mol. The van der Waals surface area contributed by atoms with Gasteiger partial charge in [0, 0.05) is 14.3 Å². The van der Waals surface area contributed by atoms with Crippen molar-refractivity contribution in [3.8, 4) is 5.75 Å². The van der Waals surface area contributed by atoms with E-state index in [0.717, 1.165) is 27.0 Å². The second kappa shape index (κ2) is 7.75. The van der Waals surface area contributed by atoms with E-state index < -0.39 is 0 Å². The van der Waals surface area contributed by atoms with E-state index in [4.69, 9.17) is 4.74 Å². The lowest BCUT2D eigenvalue weighted by molar-refractivity contribution is 0.0461. The molecule has 1 nitrogen and oxygen atoms in total. The maximum atomic E-state index is 6.58. The Morgan fingerprint density at radius 2 is 1.52 bits per heavy atom. The molecule has 1 aliphatic rings. The molecule has 1 aliphatic carbocycles. The average Bonchev–Trinajstić information content (AvgIpc) is 2.66. The molecule has 3 aromatic rings. The first-order chi connectivity index (χ1) is 13.0. The summed E-state index contributed by atoms with van der Waals surface area (Å²) in [7, 11) is 0. The van der Waals surface area contributed by atoms with Gasteiger partial charge in [0.05, 0.1) is 0 Å². The van der Waals surface area contributed by atoms with E-state index in [2.05, 4.69) is 95.1 Å². The van der Waals surface area contributed by atoms with Gasteiger partial charge in [-0.3, -0.25) is 0 Å². The van der Waals surface area contributed by atoms with Gasteiger partial charge in [0.1, 0.15) is 11.9 Å². The first-order valence-corrected chi connectivity index (χ1v) is 11.5. The number of fused-ring (bicyclic) bond motifs is 2. The second-order valence-electron chi connectivity index (χ2n) is 8.36. The number of rotatable bonds is 3. The molecule has 0 unspecified atom stereocenters. The summed E-state index contributed by atoms with van der Waals surface area (Å²) in [6, 6.07) is 15.0. The van der Waals surface area contributed by atoms with Crippen molar-refractivity contribution in [2.45, 2.75) is 46.1 Å².